The molecule has 1 amide bonds. The number of amides is 1. The van der Waals surface area contributed by atoms with E-state index in [2.05, 4.69) is 5.32 Å². The first-order valence-corrected chi connectivity index (χ1v) is 6.36. The van der Waals surface area contributed by atoms with Crippen LogP contribution in [0.15, 0.2) is 12.1 Å². The molecule has 0 radical (unpaired) electrons. The van der Waals surface area contributed by atoms with Crippen molar-refractivity contribution in [2.75, 3.05) is 0 Å². The molecule has 0 saturated carbocycles. The Morgan fingerprint density at radius 1 is 1.56 bits per heavy atom. The summed E-state index contributed by atoms with van der Waals surface area (Å²) in [6.07, 6.45) is 1.15. The summed E-state index contributed by atoms with van der Waals surface area (Å²) < 4.78 is 0.743. The third-order valence-corrected chi connectivity index (χ3v) is 3.32. The predicted molar refractivity (Wildman–Crippen MR) is 68.7 cm³/mol. The summed E-state index contributed by atoms with van der Waals surface area (Å²) in [6.45, 7) is 4.37. The Labute approximate surface area is 105 Å². The number of nitrogens with two attached hydrogens (primary N) is 1. The van der Waals surface area contributed by atoms with Gasteiger partial charge in [0.05, 0.1) is 10.9 Å². The predicted octanol–water partition coefficient (Wildman–Crippen LogP) is 2.54. The van der Waals surface area contributed by atoms with Gasteiger partial charge in [-0.15, -0.1) is 11.3 Å². The third-order valence-electron chi connectivity index (χ3n) is 2.09. The van der Waals surface area contributed by atoms with Crippen LogP contribution in [0.3, 0.4) is 0 Å². The zero-order chi connectivity index (χ0) is 12.2. The third kappa shape index (κ3) is 5.49. The molecule has 0 fully saturated rings. The molecule has 0 aliphatic heterocycles. The zero-order valence-electron chi connectivity index (χ0n) is 9.55. The number of hydrogen-bond acceptors (Lipinski definition) is 3. The van der Waals surface area contributed by atoms with E-state index >= 15 is 0 Å². The Bertz CT molecular complexity index is 357. The first-order valence-electron chi connectivity index (χ1n) is 5.16. The summed E-state index contributed by atoms with van der Waals surface area (Å²) in [5.41, 5.74) is 5.51. The molecule has 0 spiro atoms. The molecule has 1 aromatic heterocycles. The number of carbonyl (C=O) groups is 1. The van der Waals surface area contributed by atoms with Gasteiger partial charge in [-0.2, -0.15) is 0 Å². The highest BCUT2D eigenvalue weighted by Gasteiger charge is 2.13. The van der Waals surface area contributed by atoms with Gasteiger partial charge in [0.15, 0.2) is 0 Å². The number of halogens is 1. The standard InChI is InChI=1S/C11H17ClN2OS/c1-11(2,13)6-5-10(15)14-7-8-3-4-9(12)16-8/h3-4H,5-7,13H2,1-2H3,(H,14,15). The van der Waals surface area contributed by atoms with E-state index in [-0.39, 0.29) is 11.4 Å². The second kappa shape index (κ2) is 5.66. The fourth-order valence-corrected chi connectivity index (χ4v) is 2.18. The first kappa shape index (κ1) is 13.5. The topological polar surface area (TPSA) is 55.1 Å². The number of thiophene rings is 1. The van der Waals surface area contributed by atoms with Crippen molar-refractivity contribution in [1.29, 1.82) is 0 Å². The monoisotopic (exact) mass is 260 g/mol. The van der Waals surface area contributed by atoms with Gasteiger partial charge in [0.1, 0.15) is 0 Å². The van der Waals surface area contributed by atoms with Crippen LogP contribution in [-0.4, -0.2) is 11.4 Å². The van der Waals surface area contributed by atoms with E-state index in [4.69, 9.17) is 17.3 Å². The molecule has 0 aliphatic rings. The Morgan fingerprint density at radius 3 is 2.75 bits per heavy atom. The molecule has 1 rings (SSSR count). The molecular formula is C11H17ClN2OS. The summed E-state index contributed by atoms with van der Waals surface area (Å²) in [5, 5.41) is 2.84. The molecule has 0 aromatic carbocycles. The Kier molecular flexibility index (Phi) is 4.77. The minimum atomic E-state index is -0.288. The van der Waals surface area contributed by atoms with Gasteiger partial charge in [0, 0.05) is 16.8 Å². The summed E-state index contributed by atoms with van der Waals surface area (Å²) in [4.78, 5) is 12.5. The molecule has 0 bridgehead atoms. The maximum atomic E-state index is 11.5. The molecule has 1 aromatic rings. The molecule has 0 atom stereocenters. The maximum Gasteiger partial charge on any atom is 0.220 e. The fourth-order valence-electron chi connectivity index (χ4n) is 1.16. The maximum absolute atomic E-state index is 11.5. The van der Waals surface area contributed by atoms with Gasteiger partial charge in [0.2, 0.25) is 5.91 Å². The van der Waals surface area contributed by atoms with Crippen molar-refractivity contribution in [3.8, 4) is 0 Å². The molecule has 3 nitrogen and oxygen atoms in total. The number of hydrogen-bond donors (Lipinski definition) is 2. The second-order valence-electron chi connectivity index (χ2n) is 4.47. The van der Waals surface area contributed by atoms with Crippen LogP contribution in [0.4, 0.5) is 0 Å². The normalized spacial score (nSPS) is 11.5. The van der Waals surface area contributed by atoms with E-state index in [0.717, 1.165) is 9.21 Å². The van der Waals surface area contributed by atoms with E-state index in [1.165, 1.54) is 11.3 Å². The van der Waals surface area contributed by atoms with Crippen LogP contribution in [0, 0.1) is 0 Å². The zero-order valence-corrected chi connectivity index (χ0v) is 11.1. The highest BCUT2D eigenvalue weighted by atomic mass is 35.5. The van der Waals surface area contributed by atoms with Crippen LogP contribution in [0.2, 0.25) is 4.34 Å². The lowest BCUT2D eigenvalue weighted by atomic mass is 10.00. The SMILES string of the molecule is CC(C)(N)CCC(=O)NCc1ccc(Cl)s1. The molecule has 0 aliphatic carbocycles. The quantitative estimate of drug-likeness (QED) is 0.855. The van der Waals surface area contributed by atoms with E-state index in [1.807, 2.05) is 26.0 Å². The second-order valence-corrected chi connectivity index (χ2v) is 6.27. The number of rotatable bonds is 5. The highest BCUT2D eigenvalue weighted by molar-refractivity contribution is 7.16. The summed E-state index contributed by atoms with van der Waals surface area (Å²) in [6, 6.07) is 3.75. The van der Waals surface area contributed by atoms with Crippen LogP contribution < -0.4 is 11.1 Å². The average molecular weight is 261 g/mol. The van der Waals surface area contributed by atoms with Gasteiger partial charge < -0.3 is 11.1 Å². The van der Waals surface area contributed by atoms with Crippen LogP contribution in [0.5, 0.6) is 0 Å². The van der Waals surface area contributed by atoms with Crippen LogP contribution in [-0.2, 0) is 11.3 Å². The van der Waals surface area contributed by atoms with Crippen molar-refractivity contribution in [2.45, 2.75) is 38.8 Å². The molecule has 3 N–H and O–H groups in total. The summed E-state index contributed by atoms with van der Waals surface area (Å²) >= 11 is 7.27. The van der Waals surface area contributed by atoms with Crippen LogP contribution >= 0.6 is 22.9 Å². The molecular weight excluding hydrogens is 244 g/mol. The van der Waals surface area contributed by atoms with E-state index in [1.54, 1.807) is 0 Å². The Balaban J connectivity index is 2.25. The van der Waals surface area contributed by atoms with Crippen LogP contribution in [0.25, 0.3) is 0 Å². The van der Waals surface area contributed by atoms with Gasteiger partial charge in [-0.05, 0) is 32.4 Å². The lowest BCUT2D eigenvalue weighted by molar-refractivity contribution is -0.121. The Morgan fingerprint density at radius 2 is 2.25 bits per heavy atom. The van der Waals surface area contributed by atoms with Gasteiger partial charge in [-0.25, -0.2) is 0 Å². The minimum Gasteiger partial charge on any atom is -0.351 e. The fraction of sp³-hybridized carbons (Fsp3) is 0.545. The summed E-state index contributed by atoms with van der Waals surface area (Å²) in [5.74, 6) is 0.0306. The minimum absolute atomic E-state index is 0.0306. The highest BCUT2D eigenvalue weighted by Crippen LogP contribution is 2.21. The smallest absolute Gasteiger partial charge is 0.220 e. The van der Waals surface area contributed by atoms with Crippen molar-refractivity contribution in [3.63, 3.8) is 0 Å². The van der Waals surface area contributed by atoms with E-state index in [9.17, 15) is 4.79 Å². The van der Waals surface area contributed by atoms with Crippen molar-refractivity contribution >= 4 is 28.8 Å². The first-order chi connectivity index (χ1) is 7.37. The lowest BCUT2D eigenvalue weighted by Crippen LogP contribution is -2.34. The Hall–Kier alpha value is -0.580. The molecule has 16 heavy (non-hydrogen) atoms. The largest absolute Gasteiger partial charge is 0.351 e. The van der Waals surface area contributed by atoms with Gasteiger partial charge in [-0.1, -0.05) is 11.6 Å². The summed E-state index contributed by atoms with van der Waals surface area (Å²) in [7, 11) is 0. The number of carbonyl (C=O) groups excluding carboxylic acids is 1. The number of nitrogens with one attached hydrogen (secondary N) is 1. The molecule has 5 heteroatoms. The average Bonchev–Trinajstić information content (AvgIpc) is 2.57. The molecule has 0 saturated heterocycles. The lowest BCUT2D eigenvalue weighted by Gasteiger charge is -2.17. The van der Waals surface area contributed by atoms with Gasteiger partial charge >= 0.3 is 0 Å². The van der Waals surface area contributed by atoms with Crippen molar-refractivity contribution in [2.24, 2.45) is 5.73 Å². The molecule has 0 unspecified atom stereocenters. The molecule has 1 heterocycles. The van der Waals surface area contributed by atoms with Gasteiger partial charge in [0.25, 0.3) is 0 Å². The van der Waals surface area contributed by atoms with Crippen molar-refractivity contribution in [3.05, 3.63) is 21.3 Å². The molecule has 90 valence electrons. The van der Waals surface area contributed by atoms with Crippen LogP contribution in [0.1, 0.15) is 31.6 Å². The van der Waals surface area contributed by atoms with Crippen molar-refractivity contribution in [1.82, 2.24) is 5.32 Å². The van der Waals surface area contributed by atoms with Gasteiger partial charge in [-0.3, -0.25) is 4.79 Å². The van der Waals surface area contributed by atoms with Crippen molar-refractivity contribution < 1.29 is 4.79 Å². The van der Waals surface area contributed by atoms with E-state index in [0.29, 0.717) is 19.4 Å². The van der Waals surface area contributed by atoms with E-state index < -0.39 is 0 Å².